The van der Waals surface area contributed by atoms with Gasteiger partial charge in [-0.2, -0.15) is 0 Å². The Kier molecular flexibility index (Phi) is 10.4. The van der Waals surface area contributed by atoms with E-state index in [0.29, 0.717) is 32.1 Å². The van der Waals surface area contributed by atoms with Crippen molar-refractivity contribution in [1.82, 2.24) is 0 Å². The van der Waals surface area contributed by atoms with Gasteiger partial charge in [0.2, 0.25) is 0 Å². The third-order valence-corrected chi connectivity index (χ3v) is 4.59. The van der Waals surface area contributed by atoms with Gasteiger partial charge in [-0.1, -0.05) is 43.4 Å². The molecule has 0 aliphatic heterocycles. The lowest BCUT2D eigenvalue weighted by atomic mass is 9.89. The van der Waals surface area contributed by atoms with Crippen molar-refractivity contribution in [2.24, 2.45) is 11.8 Å². The molecule has 0 aromatic carbocycles. The number of carbonyl (C=O) groups is 1. The first-order chi connectivity index (χ1) is 12.0. The highest BCUT2D eigenvalue weighted by Crippen LogP contribution is 2.36. The predicted octanol–water partition coefficient (Wildman–Crippen LogP) is 2.82. The largest absolute Gasteiger partial charge is 0.481 e. The molecule has 0 heterocycles. The van der Waals surface area contributed by atoms with Crippen LogP contribution < -0.4 is 0 Å². The summed E-state index contributed by atoms with van der Waals surface area (Å²) in [5.74, 6) is -1.05. The van der Waals surface area contributed by atoms with E-state index in [0.717, 1.165) is 6.42 Å². The summed E-state index contributed by atoms with van der Waals surface area (Å²) in [7, 11) is 0. The number of carboxylic acids is 1. The van der Waals surface area contributed by atoms with E-state index in [4.69, 9.17) is 5.11 Å². The van der Waals surface area contributed by atoms with E-state index in [1.807, 2.05) is 37.3 Å². The van der Waals surface area contributed by atoms with Crippen LogP contribution in [0.5, 0.6) is 0 Å². The number of aliphatic carboxylic acids is 1. The molecule has 5 heteroatoms. The van der Waals surface area contributed by atoms with Gasteiger partial charge in [0.05, 0.1) is 18.3 Å². The summed E-state index contributed by atoms with van der Waals surface area (Å²) < 4.78 is 0. The Morgan fingerprint density at radius 2 is 1.92 bits per heavy atom. The SMILES string of the molecule is CCC=CC[C@H](O)C=C[C@@H]1[C@H](CC=CCCCC(=O)O)[C@@H](O)C[C@H]1O. The first-order valence-electron chi connectivity index (χ1n) is 9.20. The van der Waals surface area contributed by atoms with Crippen molar-refractivity contribution in [3.8, 4) is 0 Å². The van der Waals surface area contributed by atoms with Crippen molar-refractivity contribution in [1.29, 1.82) is 0 Å². The van der Waals surface area contributed by atoms with Gasteiger partial charge >= 0.3 is 5.97 Å². The highest BCUT2D eigenvalue weighted by molar-refractivity contribution is 5.66. The lowest BCUT2D eigenvalue weighted by Gasteiger charge is -2.19. The maximum Gasteiger partial charge on any atom is 0.303 e. The average molecular weight is 352 g/mol. The molecule has 1 rings (SSSR count). The van der Waals surface area contributed by atoms with Crippen molar-refractivity contribution in [2.45, 2.75) is 70.2 Å². The van der Waals surface area contributed by atoms with Gasteiger partial charge in [0.15, 0.2) is 0 Å². The zero-order valence-corrected chi connectivity index (χ0v) is 15.0. The quantitative estimate of drug-likeness (QED) is 0.339. The van der Waals surface area contributed by atoms with Crippen LogP contribution in [0.3, 0.4) is 0 Å². The first kappa shape index (κ1) is 21.6. The normalized spacial score (nSPS) is 28.5. The summed E-state index contributed by atoms with van der Waals surface area (Å²) in [6.07, 6.45) is 13.5. The maximum atomic E-state index is 10.5. The molecule has 1 fully saturated rings. The van der Waals surface area contributed by atoms with Gasteiger partial charge in [-0.25, -0.2) is 0 Å². The topological polar surface area (TPSA) is 98.0 Å². The second kappa shape index (κ2) is 12.0. The molecular formula is C20H32O5. The summed E-state index contributed by atoms with van der Waals surface area (Å²) in [6, 6.07) is 0. The molecule has 142 valence electrons. The Bertz CT molecular complexity index is 469. The zero-order chi connectivity index (χ0) is 18.7. The molecular weight excluding hydrogens is 320 g/mol. The molecule has 0 radical (unpaired) electrons. The van der Waals surface area contributed by atoms with Gasteiger partial charge in [-0.05, 0) is 38.0 Å². The van der Waals surface area contributed by atoms with E-state index >= 15 is 0 Å². The van der Waals surface area contributed by atoms with Crippen molar-refractivity contribution in [3.05, 3.63) is 36.5 Å². The molecule has 0 amide bonds. The van der Waals surface area contributed by atoms with Crippen LogP contribution in [-0.4, -0.2) is 44.7 Å². The van der Waals surface area contributed by atoms with Crippen LogP contribution in [0, 0.1) is 11.8 Å². The summed E-state index contributed by atoms with van der Waals surface area (Å²) in [5.41, 5.74) is 0. The van der Waals surface area contributed by atoms with Crippen LogP contribution in [0.2, 0.25) is 0 Å². The van der Waals surface area contributed by atoms with Gasteiger partial charge in [-0.15, -0.1) is 0 Å². The van der Waals surface area contributed by atoms with Crippen LogP contribution in [0.4, 0.5) is 0 Å². The minimum atomic E-state index is -0.791. The predicted molar refractivity (Wildman–Crippen MR) is 98.0 cm³/mol. The molecule has 0 spiro atoms. The standard InChI is InChI=1S/C20H32O5/c1-2-3-6-9-15(21)12-13-17-16(18(22)14-19(17)23)10-7-4-5-8-11-20(24)25/h3-4,6-7,12-13,15-19,21-23H,2,5,8-11,14H2,1H3,(H,24,25)/t15-,16-,17+,18-,19+/m0/s1. The fraction of sp³-hybridized carbons (Fsp3) is 0.650. The third kappa shape index (κ3) is 8.47. The zero-order valence-electron chi connectivity index (χ0n) is 15.0. The highest BCUT2D eigenvalue weighted by Gasteiger charge is 2.39. The van der Waals surface area contributed by atoms with Crippen LogP contribution in [0.1, 0.15) is 51.9 Å². The summed E-state index contributed by atoms with van der Waals surface area (Å²) in [5, 5.41) is 38.9. The van der Waals surface area contributed by atoms with Crippen LogP contribution in [0.15, 0.2) is 36.5 Å². The fourth-order valence-electron chi connectivity index (χ4n) is 3.19. The number of hydrogen-bond acceptors (Lipinski definition) is 4. The summed E-state index contributed by atoms with van der Waals surface area (Å²) in [6.45, 7) is 2.04. The second-order valence-corrected chi connectivity index (χ2v) is 6.67. The van der Waals surface area contributed by atoms with Gasteiger partial charge < -0.3 is 20.4 Å². The van der Waals surface area contributed by atoms with Crippen molar-refractivity contribution >= 4 is 5.97 Å². The van der Waals surface area contributed by atoms with Crippen molar-refractivity contribution < 1.29 is 25.2 Å². The molecule has 1 aliphatic rings. The van der Waals surface area contributed by atoms with Crippen LogP contribution in [-0.2, 0) is 4.79 Å². The van der Waals surface area contributed by atoms with E-state index in [1.165, 1.54) is 0 Å². The minimum absolute atomic E-state index is 0.0830. The molecule has 1 saturated carbocycles. The van der Waals surface area contributed by atoms with Gasteiger partial charge in [0.25, 0.3) is 0 Å². The monoisotopic (exact) mass is 352 g/mol. The Morgan fingerprint density at radius 3 is 2.60 bits per heavy atom. The van der Waals surface area contributed by atoms with E-state index in [-0.39, 0.29) is 18.3 Å². The number of carboxylic acid groups (broad SMARTS) is 1. The number of rotatable bonds is 11. The number of aliphatic hydroxyl groups excluding tert-OH is 3. The molecule has 0 aromatic heterocycles. The average Bonchev–Trinajstić information content (AvgIpc) is 2.82. The first-order valence-corrected chi connectivity index (χ1v) is 9.20. The molecule has 25 heavy (non-hydrogen) atoms. The highest BCUT2D eigenvalue weighted by atomic mass is 16.4. The molecule has 0 saturated heterocycles. The molecule has 5 atom stereocenters. The fourth-order valence-corrected chi connectivity index (χ4v) is 3.19. The van der Waals surface area contributed by atoms with E-state index < -0.39 is 24.3 Å². The molecule has 1 aliphatic carbocycles. The number of allylic oxidation sites excluding steroid dienone is 3. The molecule has 0 unspecified atom stereocenters. The van der Waals surface area contributed by atoms with Gasteiger partial charge in [0, 0.05) is 18.8 Å². The van der Waals surface area contributed by atoms with Crippen molar-refractivity contribution in [2.75, 3.05) is 0 Å². The Hall–Kier alpha value is -1.43. The number of aliphatic hydroxyl groups is 3. The van der Waals surface area contributed by atoms with Gasteiger partial charge in [0.1, 0.15) is 0 Å². The lowest BCUT2D eigenvalue weighted by molar-refractivity contribution is -0.137. The van der Waals surface area contributed by atoms with Crippen LogP contribution in [0.25, 0.3) is 0 Å². The summed E-state index contributed by atoms with van der Waals surface area (Å²) in [4.78, 5) is 10.5. The minimum Gasteiger partial charge on any atom is -0.481 e. The lowest BCUT2D eigenvalue weighted by Crippen LogP contribution is -2.20. The molecule has 0 aromatic rings. The van der Waals surface area contributed by atoms with E-state index in [9.17, 15) is 20.1 Å². The summed E-state index contributed by atoms with van der Waals surface area (Å²) >= 11 is 0. The smallest absolute Gasteiger partial charge is 0.303 e. The Balaban J connectivity index is 2.50. The second-order valence-electron chi connectivity index (χ2n) is 6.67. The molecule has 4 N–H and O–H groups in total. The van der Waals surface area contributed by atoms with Crippen molar-refractivity contribution in [3.63, 3.8) is 0 Å². The van der Waals surface area contributed by atoms with Crippen LogP contribution >= 0.6 is 0 Å². The Labute approximate surface area is 150 Å². The molecule has 0 bridgehead atoms. The van der Waals surface area contributed by atoms with E-state index in [1.54, 1.807) is 6.08 Å². The molecule has 5 nitrogen and oxygen atoms in total. The number of hydrogen-bond donors (Lipinski definition) is 4. The number of unbranched alkanes of at least 4 members (excludes halogenated alkanes) is 1. The maximum absolute atomic E-state index is 10.5. The third-order valence-electron chi connectivity index (χ3n) is 4.59. The Morgan fingerprint density at radius 1 is 1.16 bits per heavy atom. The van der Waals surface area contributed by atoms with Gasteiger partial charge in [-0.3, -0.25) is 4.79 Å². The van der Waals surface area contributed by atoms with E-state index in [2.05, 4.69) is 0 Å².